The zero-order chi connectivity index (χ0) is 18.4. The van der Waals surface area contributed by atoms with E-state index in [4.69, 9.17) is 10.7 Å². The average Bonchev–Trinajstić information content (AvgIpc) is 3.03. The fourth-order valence-corrected chi connectivity index (χ4v) is 3.68. The molecule has 3 rings (SSSR count). The van der Waals surface area contributed by atoms with Gasteiger partial charge in [0, 0.05) is 50.2 Å². The summed E-state index contributed by atoms with van der Waals surface area (Å²) in [5.74, 6) is 1.06. The van der Waals surface area contributed by atoms with Crippen LogP contribution in [0.2, 0.25) is 0 Å². The van der Waals surface area contributed by atoms with Gasteiger partial charge in [-0.05, 0) is 43.2 Å². The number of nitrogens with two attached hydrogens (primary N) is 1. The number of carbonyl (C=O) groups excluding carboxylic acids is 1. The summed E-state index contributed by atoms with van der Waals surface area (Å²) in [5.41, 5.74) is 7.75. The Morgan fingerprint density at radius 3 is 2.96 bits per heavy atom. The normalized spacial score (nSPS) is 17.6. The van der Waals surface area contributed by atoms with Crippen molar-refractivity contribution in [3.05, 3.63) is 36.0 Å². The van der Waals surface area contributed by atoms with Crippen molar-refractivity contribution in [2.75, 3.05) is 26.2 Å². The van der Waals surface area contributed by atoms with E-state index in [1.165, 1.54) is 16.6 Å². The standard InChI is InChI=1S/C20H29N5O.HI/c1-2-22-20(25-11-5-6-15(14-25)12-19(21)26)23-10-9-17-13-16-7-3-4-8-18(16)24-17;/h3-4,7-8,13,15,24H,2,5-6,9-12,14H2,1H3,(H2,21,26)(H,22,23);1H. The smallest absolute Gasteiger partial charge is 0.217 e. The van der Waals surface area contributed by atoms with Crippen molar-refractivity contribution >= 4 is 46.7 Å². The number of fused-ring (bicyclic) bond motifs is 1. The van der Waals surface area contributed by atoms with Crippen molar-refractivity contribution in [2.24, 2.45) is 16.6 Å². The molecule has 1 aliphatic rings. The zero-order valence-electron chi connectivity index (χ0n) is 15.9. The van der Waals surface area contributed by atoms with Crippen LogP contribution in [-0.4, -0.2) is 47.9 Å². The Labute approximate surface area is 178 Å². The highest BCUT2D eigenvalue weighted by molar-refractivity contribution is 14.0. The first-order valence-electron chi connectivity index (χ1n) is 9.54. The molecule has 1 aromatic heterocycles. The molecule has 27 heavy (non-hydrogen) atoms. The number of carbonyl (C=O) groups is 1. The van der Waals surface area contributed by atoms with Crippen LogP contribution in [0.4, 0.5) is 0 Å². The number of nitrogens with one attached hydrogen (secondary N) is 2. The van der Waals surface area contributed by atoms with E-state index in [9.17, 15) is 4.79 Å². The van der Waals surface area contributed by atoms with Crippen LogP contribution < -0.4 is 11.1 Å². The second kappa shape index (κ2) is 10.5. The van der Waals surface area contributed by atoms with E-state index in [2.05, 4.69) is 46.4 Å². The van der Waals surface area contributed by atoms with Crippen molar-refractivity contribution in [1.29, 1.82) is 0 Å². The maximum absolute atomic E-state index is 11.2. The second-order valence-electron chi connectivity index (χ2n) is 6.99. The maximum Gasteiger partial charge on any atom is 0.217 e. The Morgan fingerprint density at radius 1 is 1.41 bits per heavy atom. The SMILES string of the molecule is CCNC(=NCCc1cc2ccccc2[nH]1)N1CCCC(CC(N)=O)C1.I. The van der Waals surface area contributed by atoms with Crippen LogP contribution >= 0.6 is 24.0 Å². The predicted molar refractivity (Wildman–Crippen MR) is 122 cm³/mol. The van der Waals surface area contributed by atoms with Crippen LogP contribution in [0, 0.1) is 5.92 Å². The molecule has 7 heteroatoms. The number of amides is 1. The van der Waals surface area contributed by atoms with E-state index in [-0.39, 0.29) is 29.9 Å². The van der Waals surface area contributed by atoms with Gasteiger partial charge in [-0.2, -0.15) is 0 Å². The minimum atomic E-state index is -0.211. The number of hydrogen-bond donors (Lipinski definition) is 3. The lowest BCUT2D eigenvalue weighted by atomic mass is 9.95. The van der Waals surface area contributed by atoms with Crippen molar-refractivity contribution in [2.45, 2.75) is 32.6 Å². The summed E-state index contributed by atoms with van der Waals surface area (Å²) in [6.07, 6.45) is 3.48. The Kier molecular flexibility index (Phi) is 8.40. The molecule has 6 nitrogen and oxygen atoms in total. The highest BCUT2D eigenvalue weighted by atomic mass is 127. The summed E-state index contributed by atoms with van der Waals surface area (Å²) in [6, 6.07) is 10.5. The second-order valence-corrected chi connectivity index (χ2v) is 6.99. The van der Waals surface area contributed by atoms with Gasteiger partial charge in [-0.25, -0.2) is 0 Å². The number of aromatic amines is 1. The van der Waals surface area contributed by atoms with Crippen LogP contribution in [0.5, 0.6) is 0 Å². The highest BCUT2D eigenvalue weighted by Gasteiger charge is 2.23. The van der Waals surface area contributed by atoms with Crippen LogP contribution in [0.25, 0.3) is 10.9 Å². The molecule has 1 aliphatic heterocycles. The maximum atomic E-state index is 11.2. The molecular weight excluding hydrogens is 453 g/mol. The molecule has 4 N–H and O–H groups in total. The van der Waals surface area contributed by atoms with E-state index < -0.39 is 0 Å². The van der Waals surface area contributed by atoms with E-state index >= 15 is 0 Å². The molecule has 148 valence electrons. The number of likely N-dealkylation sites (tertiary alicyclic amines) is 1. The number of rotatable bonds is 6. The van der Waals surface area contributed by atoms with Gasteiger partial charge >= 0.3 is 0 Å². The number of halogens is 1. The molecule has 1 unspecified atom stereocenters. The van der Waals surface area contributed by atoms with Gasteiger partial charge in [-0.3, -0.25) is 9.79 Å². The van der Waals surface area contributed by atoms with Crippen LogP contribution in [0.15, 0.2) is 35.3 Å². The number of H-pyrrole nitrogens is 1. The quantitative estimate of drug-likeness (QED) is 0.336. The van der Waals surface area contributed by atoms with E-state index in [0.29, 0.717) is 12.3 Å². The molecule has 1 atom stereocenters. The fraction of sp³-hybridized carbons (Fsp3) is 0.500. The van der Waals surface area contributed by atoms with E-state index in [1.54, 1.807) is 0 Å². The summed E-state index contributed by atoms with van der Waals surface area (Å²) < 4.78 is 0. The molecule has 0 bridgehead atoms. The molecule has 0 aliphatic carbocycles. The minimum Gasteiger partial charge on any atom is -0.370 e. The summed E-state index contributed by atoms with van der Waals surface area (Å²) >= 11 is 0. The number of nitrogens with zero attached hydrogens (tertiary/aromatic N) is 2. The summed E-state index contributed by atoms with van der Waals surface area (Å²) in [7, 11) is 0. The molecule has 0 saturated carbocycles. The monoisotopic (exact) mass is 483 g/mol. The molecular formula is C20H30IN5O. The molecule has 1 amide bonds. The zero-order valence-corrected chi connectivity index (χ0v) is 18.2. The lowest BCUT2D eigenvalue weighted by Gasteiger charge is -2.34. The van der Waals surface area contributed by atoms with Gasteiger partial charge in [0.15, 0.2) is 5.96 Å². The molecule has 0 radical (unpaired) electrons. The van der Waals surface area contributed by atoms with Gasteiger partial charge in [-0.1, -0.05) is 18.2 Å². The van der Waals surface area contributed by atoms with E-state index in [1.807, 2.05) is 6.07 Å². The number of guanidine groups is 1. The first-order chi connectivity index (χ1) is 12.7. The van der Waals surface area contributed by atoms with Crippen molar-refractivity contribution < 1.29 is 4.79 Å². The molecule has 2 aromatic rings. The van der Waals surface area contributed by atoms with Crippen LogP contribution in [-0.2, 0) is 11.2 Å². The number of hydrogen-bond acceptors (Lipinski definition) is 2. The molecule has 1 aromatic carbocycles. The Balaban J connectivity index is 0.00000261. The topological polar surface area (TPSA) is 86.5 Å². The van der Waals surface area contributed by atoms with Crippen LogP contribution in [0.1, 0.15) is 31.9 Å². The van der Waals surface area contributed by atoms with E-state index in [0.717, 1.165) is 51.4 Å². The Morgan fingerprint density at radius 2 is 2.22 bits per heavy atom. The third kappa shape index (κ3) is 6.12. The lowest BCUT2D eigenvalue weighted by Crippen LogP contribution is -2.47. The van der Waals surface area contributed by atoms with Gasteiger partial charge in [0.05, 0.1) is 0 Å². The van der Waals surface area contributed by atoms with Gasteiger partial charge in [-0.15, -0.1) is 24.0 Å². The summed E-state index contributed by atoms with van der Waals surface area (Å²) in [4.78, 5) is 21.8. The summed E-state index contributed by atoms with van der Waals surface area (Å²) in [6.45, 7) is 5.47. The summed E-state index contributed by atoms with van der Waals surface area (Å²) in [5, 5.41) is 4.63. The molecule has 1 fully saturated rings. The predicted octanol–water partition coefficient (Wildman–Crippen LogP) is 2.88. The third-order valence-electron chi connectivity index (χ3n) is 4.87. The molecule has 1 saturated heterocycles. The van der Waals surface area contributed by atoms with Crippen molar-refractivity contribution in [3.8, 4) is 0 Å². The highest BCUT2D eigenvalue weighted by Crippen LogP contribution is 2.19. The first-order valence-corrected chi connectivity index (χ1v) is 9.54. The minimum absolute atomic E-state index is 0. The first kappa shape index (κ1) is 21.5. The number of para-hydroxylation sites is 1. The third-order valence-corrected chi connectivity index (χ3v) is 4.87. The van der Waals surface area contributed by atoms with Gasteiger partial charge in [0.25, 0.3) is 0 Å². The fourth-order valence-electron chi connectivity index (χ4n) is 3.68. The number of primary amides is 1. The van der Waals surface area contributed by atoms with Gasteiger partial charge in [0.1, 0.15) is 0 Å². The number of benzene rings is 1. The van der Waals surface area contributed by atoms with Crippen molar-refractivity contribution in [1.82, 2.24) is 15.2 Å². The van der Waals surface area contributed by atoms with Gasteiger partial charge in [0.2, 0.25) is 5.91 Å². The Bertz CT molecular complexity index is 740. The lowest BCUT2D eigenvalue weighted by molar-refractivity contribution is -0.119. The molecule has 2 heterocycles. The van der Waals surface area contributed by atoms with Crippen molar-refractivity contribution in [3.63, 3.8) is 0 Å². The number of aromatic nitrogens is 1. The number of piperidine rings is 1. The average molecular weight is 483 g/mol. The number of aliphatic imine (C=N–C) groups is 1. The molecule has 0 spiro atoms. The Hall–Kier alpha value is -1.77. The largest absolute Gasteiger partial charge is 0.370 e. The van der Waals surface area contributed by atoms with Crippen LogP contribution in [0.3, 0.4) is 0 Å². The van der Waals surface area contributed by atoms with Gasteiger partial charge < -0.3 is 20.9 Å².